The first-order valence-electron chi connectivity index (χ1n) is 8.69. The Bertz CT molecular complexity index is 948. The maximum atomic E-state index is 11.2. The molecular weight excluding hydrogens is 368 g/mol. The van der Waals surface area contributed by atoms with Gasteiger partial charge in [0.2, 0.25) is 0 Å². The van der Waals surface area contributed by atoms with Crippen LogP contribution in [0.4, 0.5) is 5.69 Å². The summed E-state index contributed by atoms with van der Waals surface area (Å²) in [5, 5.41) is 19.3. The van der Waals surface area contributed by atoms with Gasteiger partial charge in [-0.15, -0.1) is 0 Å². The van der Waals surface area contributed by atoms with Gasteiger partial charge in [0.15, 0.2) is 0 Å². The van der Waals surface area contributed by atoms with Crippen LogP contribution in [0, 0.1) is 24.0 Å². The molecule has 27 heavy (non-hydrogen) atoms. The number of furan rings is 1. The molecule has 0 amide bonds. The Morgan fingerprint density at radius 3 is 2.78 bits per heavy atom. The van der Waals surface area contributed by atoms with Crippen molar-refractivity contribution in [2.24, 2.45) is 0 Å². The van der Waals surface area contributed by atoms with E-state index < -0.39 is 4.92 Å². The summed E-state index contributed by atoms with van der Waals surface area (Å²) in [6, 6.07) is 10.2. The lowest BCUT2D eigenvalue weighted by Gasteiger charge is -2.05. The molecule has 0 saturated heterocycles. The van der Waals surface area contributed by atoms with Crippen molar-refractivity contribution in [3.8, 4) is 11.3 Å². The molecule has 2 heterocycles. The number of nitrogens with one attached hydrogen (secondary N) is 1. The minimum absolute atomic E-state index is 0.0683. The van der Waals surface area contributed by atoms with E-state index in [1.54, 1.807) is 18.2 Å². The molecular formula is C19H21ClN4O3. The minimum Gasteiger partial charge on any atom is -0.459 e. The molecule has 0 unspecified atom stereocenters. The minimum atomic E-state index is -0.458. The maximum Gasteiger partial charge on any atom is 0.281 e. The molecule has 142 valence electrons. The highest BCUT2D eigenvalue weighted by Crippen LogP contribution is 2.33. The predicted octanol–water partition coefficient (Wildman–Crippen LogP) is 4.50. The maximum absolute atomic E-state index is 11.2. The zero-order chi connectivity index (χ0) is 19.4. The number of rotatable bonds is 8. The fourth-order valence-corrected chi connectivity index (χ4v) is 3.11. The van der Waals surface area contributed by atoms with Crippen LogP contribution in [-0.2, 0) is 13.1 Å². The molecule has 0 aliphatic heterocycles. The Morgan fingerprint density at radius 2 is 2.07 bits per heavy atom. The molecule has 0 fully saturated rings. The molecule has 1 aromatic carbocycles. The lowest BCUT2D eigenvalue weighted by molar-refractivity contribution is -0.384. The summed E-state index contributed by atoms with van der Waals surface area (Å²) in [5.41, 5.74) is 2.54. The van der Waals surface area contributed by atoms with Gasteiger partial charge < -0.3 is 9.73 Å². The second kappa shape index (κ2) is 8.37. The topological polar surface area (TPSA) is 86.1 Å². The summed E-state index contributed by atoms with van der Waals surface area (Å²) < 4.78 is 7.76. The van der Waals surface area contributed by atoms with E-state index >= 15 is 0 Å². The van der Waals surface area contributed by atoms with Gasteiger partial charge in [0.05, 0.1) is 22.7 Å². The molecule has 0 bridgehead atoms. The van der Waals surface area contributed by atoms with E-state index in [4.69, 9.17) is 16.0 Å². The van der Waals surface area contributed by atoms with Crippen LogP contribution in [0.5, 0.6) is 0 Å². The van der Waals surface area contributed by atoms with Crippen molar-refractivity contribution < 1.29 is 9.34 Å². The van der Waals surface area contributed by atoms with E-state index in [-0.39, 0.29) is 5.69 Å². The highest BCUT2D eigenvalue weighted by atomic mass is 35.5. The fraction of sp³-hybridized carbons (Fsp3) is 0.316. The standard InChI is InChI=1S/C19H21ClN4O3/c1-13-10-14(2)23(22-13)9-3-8-21-12-16-5-7-19(27-16)17-6-4-15(20)11-18(17)24(25)26/h4-7,10-11,21H,3,8-9,12H2,1-2H3. The second-order valence-corrected chi connectivity index (χ2v) is 6.80. The number of nitrogens with zero attached hydrogens (tertiary/aromatic N) is 3. The highest BCUT2D eigenvalue weighted by molar-refractivity contribution is 6.30. The van der Waals surface area contributed by atoms with Crippen molar-refractivity contribution in [3.63, 3.8) is 0 Å². The molecule has 0 saturated carbocycles. The van der Waals surface area contributed by atoms with Crippen LogP contribution in [0.1, 0.15) is 23.6 Å². The first-order chi connectivity index (χ1) is 12.9. The van der Waals surface area contributed by atoms with Crippen LogP contribution in [0.15, 0.2) is 40.8 Å². The number of hydrogen-bond donors (Lipinski definition) is 1. The molecule has 1 N–H and O–H groups in total. The Labute approximate surface area is 162 Å². The van der Waals surface area contributed by atoms with Gasteiger partial charge >= 0.3 is 0 Å². The van der Waals surface area contributed by atoms with E-state index in [1.807, 2.05) is 24.6 Å². The monoisotopic (exact) mass is 388 g/mol. The first kappa shape index (κ1) is 19.1. The summed E-state index contributed by atoms with van der Waals surface area (Å²) in [6.45, 7) is 6.26. The van der Waals surface area contributed by atoms with E-state index in [2.05, 4.69) is 16.5 Å². The molecule has 2 aromatic heterocycles. The van der Waals surface area contributed by atoms with Crippen LogP contribution >= 0.6 is 11.6 Å². The van der Waals surface area contributed by atoms with E-state index in [0.29, 0.717) is 22.9 Å². The van der Waals surface area contributed by atoms with E-state index in [1.165, 1.54) is 6.07 Å². The Kier molecular flexibility index (Phi) is 5.93. The average molecular weight is 389 g/mol. The van der Waals surface area contributed by atoms with Crippen molar-refractivity contribution in [2.45, 2.75) is 33.4 Å². The number of aryl methyl sites for hydroxylation is 3. The SMILES string of the molecule is Cc1cc(C)n(CCCNCc2ccc(-c3ccc(Cl)cc3[N+](=O)[O-])o2)n1. The molecule has 0 aliphatic carbocycles. The summed E-state index contributed by atoms with van der Waals surface area (Å²) >= 11 is 5.86. The first-order valence-corrected chi connectivity index (χ1v) is 9.06. The third kappa shape index (κ3) is 4.75. The highest BCUT2D eigenvalue weighted by Gasteiger charge is 2.18. The van der Waals surface area contributed by atoms with Crippen molar-refractivity contribution in [1.82, 2.24) is 15.1 Å². The predicted molar refractivity (Wildman–Crippen MR) is 104 cm³/mol. The average Bonchev–Trinajstić information content (AvgIpc) is 3.21. The van der Waals surface area contributed by atoms with Gasteiger partial charge in [-0.05, 0) is 57.1 Å². The van der Waals surface area contributed by atoms with Gasteiger partial charge in [-0.3, -0.25) is 14.8 Å². The normalized spacial score (nSPS) is 11.1. The largest absolute Gasteiger partial charge is 0.459 e. The summed E-state index contributed by atoms with van der Waals surface area (Å²) in [4.78, 5) is 10.8. The molecule has 0 aliphatic rings. The molecule has 0 atom stereocenters. The summed E-state index contributed by atoms with van der Waals surface area (Å²) in [7, 11) is 0. The number of hydrogen-bond acceptors (Lipinski definition) is 5. The zero-order valence-corrected chi connectivity index (χ0v) is 16.0. The molecule has 3 rings (SSSR count). The van der Waals surface area contributed by atoms with Gasteiger partial charge in [0.25, 0.3) is 5.69 Å². The molecule has 3 aromatic rings. The summed E-state index contributed by atoms with van der Waals surface area (Å²) in [6.07, 6.45) is 0.943. The van der Waals surface area contributed by atoms with E-state index in [9.17, 15) is 10.1 Å². The smallest absolute Gasteiger partial charge is 0.281 e. The zero-order valence-electron chi connectivity index (χ0n) is 15.2. The van der Waals surface area contributed by atoms with Gasteiger partial charge in [-0.2, -0.15) is 5.10 Å². The number of nitro benzene ring substituents is 1. The number of benzene rings is 1. The third-order valence-corrected chi connectivity index (χ3v) is 4.44. The molecule has 0 spiro atoms. The van der Waals surface area contributed by atoms with Crippen LogP contribution in [0.2, 0.25) is 5.02 Å². The van der Waals surface area contributed by atoms with Gasteiger partial charge in [-0.1, -0.05) is 11.6 Å². The van der Waals surface area contributed by atoms with Crippen LogP contribution in [-0.4, -0.2) is 21.2 Å². The third-order valence-electron chi connectivity index (χ3n) is 4.21. The van der Waals surface area contributed by atoms with Crippen molar-refractivity contribution >= 4 is 17.3 Å². The fourth-order valence-electron chi connectivity index (χ4n) is 2.95. The van der Waals surface area contributed by atoms with Crippen LogP contribution in [0.25, 0.3) is 11.3 Å². The lowest BCUT2D eigenvalue weighted by atomic mass is 10.1. The number of aromatic nitrogens is 2. The van der Waals surface area contributed by atoms with Crippen molar-refractivity contribution in [3.05, 3.63) is 68.7 Å². The van der Waals surface area contributed by atoms with Gasteiger partial charge in [0, 0.05) is 23.3 Å². The quantitative estimate of drug-likeness (QED) is 0.348. The second-order valence-electron chi connectivity index (χ2n) is 6.37. The van der Waals surface area contributed by atoms with Crippen LogP contribution in [0.3, 0.4) is 0 Å². The number of nitro groups is 1. The molecule has 7 nitrogen and oxygen atoms in total. The van der Waals surface area contributed by atoms with Crippen molar-refractivity contribution in [1.29, 1.82) is 0 Å². The lowest BCUT2D eigenvalue weighted by Crippen LogP contribution is -2.16. The van der Waals surface area contributed by atoms with Gasteiger partial charge in [-0.25, -0.2) is 0 Å². The van der Waals surface area contributed by atoms with Crippen LogP contribution < -0.4 is 5.32 Å². The Balaban J connectivity index is 1.54. The molecule has 8 heteroatoms. The Morgan fingerprint density at radius 1 is 1.26 bits per heavy atom. The Hall–Kier alpha value is -2.64. The molecule has 0 radical (unpaired) electrons. The van der Waals surface area contributed by atoms with Crippen molar-refractivity contribution in [2.75, 3.05) is 6.54 Å². The van der Waals surface area contributed by atoms with E-state index in [0.717, 1.165) is 36.7 Å². The summed E-state index contributed by atoms with van der Waals surface area (Å²) in [5.74, 6) is 1.18. The number of halogens is 1. The van der Waals surface area contributed by atoms with Gasteiger partial charge in [0.1, 0.15) is 11.5 Å².